The van der Waals surface area contributed by atoms with Crippen molar-refractivity contribution in [3.63, 3.8) is 0 Å². The number of nitrogen functional groups attached to an aromatic ring is 1. The Labute approximate surface area is 76.6 Å². The van der Waals surface area contributed by atoms with Gasteiger partial charge in [-0.1, -0.05) is 6.92 Å². The van der Waals surface area contributed by atoms with Crippen molar-refractivity contribution < 1.29 is 5.11 Å². The van der Waals surface area contributed by atoms with E-state index in [0.717, 1.165) is 0 Å². The number of hydrogen-bond acceptors (Lipinski definition) is 3. The summed E-state index contributed by atoms with van der Waals surface area (Å²) in [5.41, 5.74) is 5.99. The van der Waals surface area contributed by atoms with E-state index in [9.17, 15) is 4.79 Å². The number of aromatic nitrogens is 1. The van der Waals surface area contributed by atoms with E-state index < -0.39 is 0 Å². The molecule has 0 fully saturated rings. The van der Waals surface area contributed by atoms with E-state index >= 15 is 0 Å². The van der Waals surface area contributed by atoms with Gasteiger partial charge in [0.15, 0.2) is 0 Å². The number of rotatable bonds is 3. The van der Waals surface area contributed by atoms with Gasteiger partial charge in [0.05, 0.1) is 0 Å². The third-order valence-corrected chi connectivity index (χ3v) is 1.83. The molecular formula is C9H14N2O2. The molecule has 0 saturated heterocycles. The van der Waals surface area contributed by atoms with Crippen molar-refractivity contribution in [2.75, 3.05) is 12.3 Å². The normalized spacial score (nSPS) is 12.8. The van der Waals surface area contributed by atoms with Crippen LogP contribution in [-0.2, 0) is 6.54 Å². The molecule has 0 spiro atoms. The van der Waals surface area contributed by atoms with E-state index in [1.807, 2.05) is 6.92 Å². The molecule has 0 radical (unpaired) electrons. The Hall–Kier alpha value is -1.29. The minimum absolute atomic E-state index is 0.0690. The van der Waals surface area contributed by atoms with Gasteiger partial charge in [0, 0.05) is 31.1 Å². The average Bonchev–Trinajstić information content (AvgIpc) is 2.11. The molecule has 1 unspecified atom stereocenters. The second-order valence-corrected chi connectivity index (χ2v) is 3.24. The van der Waals surface area contributed by atoms with Gasteiger partial charge >= 0.3 is 0 Å². The molecule has 4 heteroatoms. The van der Waals surface area contributed by atoms with Crippen LogP contribution in [0.3, 0.4) is 0 Å². The van der Waals surface area contributed by atoms with Gasteiger partial charge in [-0.05, 0) is 12.0 Å². The summed E-state index contributed by atoms with van der Waals surface area (Å²) in [6.07, 6.45) is 1.59. The molecule has 3 N–H and O–H groups in total. The highest BCUT2D eigenvalue weighted by Crippen LogP contribution is 2.00. The van der Waals surface area contributed by atoms with E-state index in [-0.39, 0.29) is 18.1 Å². The summed E-state index contributed by atoms with van der Waals surface area (Å²) in [6, 6.07) is 3.00. The highest BCUT2D eigenvalue weighted by atomic mass is 16.3. The first-order chi connectivity index (χ1) is 6.13. The molecule has 72 valence electrons. The summed E-state index contributed by atoms with van der Waals surface area (Å²) in [5.74, 6) is 0.0690. The Bertz CT molecular complexity index is 333. The fourth-order valence-electron chi connectivity index (χ4n) is 1.09. The highest BCUT2D eigenvalue weighted by Gasteiger charge is 2.02. The fraction of sp³-hybridized carbons (Fsp3) is 0.444. The molecule has 0 amide bonds. The van der Waals surface area contributed by atoms with Crippen LogP contribution in [0.25, 0.3) is 0 Å². The first-order valence-electron chi connectivity index (χ1n) is 4.20. The summed E-state index contributed by atoms with van der Waals surface area (Å²) in [4.78, 5) is 11.2. The van der Waals surface area contributed by atoms with Gasteiger partial charge in [-0.3, -0.25) is 4.79 Å². The van der Waals surface area contributed by atoms with Gasteiger partial charge in [0.25, 0.3) is 5.56 Å². The van der Waals surface area contributed by atoms with E-state index in [4.69, 9.17) is 10.8 Å². The third kappa shape index (κ3) is 2.59. The molecular weight excluding hydrogens is 168 g/mol. The second kappa shape index (κ2) is 4.09. The number of aliphatic hydroxyl groups excluding tert-OH is 1. The van der Waals surface area contributed by atoms with Gasteiger partial charge in [-0.2, -0.15) is 0 Å². The van der Waals surface area contributed by atoms with Crippen molar-refractivity contribution in [1.82, 2.24) is 4.57 Å². The molecule has 1 heterocycles. The lowest BCUT2D eigenvalue weighted by Gasteiger charge is -2.10. The van der Waals surface area contributed by atoms with E-state index in [2.05, 4.69) is 0 Å². The van der Waals surface area contributed by atoms with Crippen molar-refractivity contribution in [2.45, 2.75) is 13.5 Å². The Morgan fingerprint density at radius 2 is 2.31 bits per heavy atom. The van der Waals surface area contributed by atoms with Crippen LogP contribution in [0, 0.1) is 5.92 Å². The standard InChI is InChI=1S/C9H14N2O2/c1-7(6-12)4-11-5-8(10)2-3-9(11)13/h2-3,5,7,12H,4,6,10H2,1H3. The number of hydrogen-bond donors (Lipinski definition) is 2. The largest absolute Gasteiger partial charge is 0.398 e. The number of aliphatic hydroxyl groups is 1. The molecule has 4 nitrogen and oxygen atoms in total. The van der Waals surface area contributed by atoms with Crippen LogP contribution in [0.1, 0.15) is 6.92 Å². The average molecular weight is 182 g/mol. The summed E-state index contributed by atoms with van der Waals surface area (Å²) in [7, 11) is 0. The molecule has 0 aliphatic rings. The van der Waals surface area contributed by atoms with Crippen molar-refractivity contribution in [2.24, 2.45) is 5.92 Å². The number of pyridine rings is 1. The minimum Gasteiger partial charge on any atom is -0.398 e. The van der Waals surface area contributed by atoms with Crippen LogP contribution < -0.4 is 11.3 Å². The highest BCUT2D eigenvalue weighted by molar-refractivity contribution is 5.33. The molecule has 0 bridgehead atoms. The zero-order valence-corrected chi connectivity index (χ0v) is 7.60. The van der Waals surface area contributed by atoms with Gasteiger partial charge in [0.1, 0.15) is 0 Å². The Morgan fingerprint density at radius 1 is 1.62 bits per heavy atom. The van der Waals surface area contributed by atoms with Crippen molar-refractivity contribution in [3.8, 4) is 0 Å². The maximum absolute atomic E-state index is 11.2. The predicted molar refractivity (Wildman–Crippen MR) is 51.4 cm³/mol. The molecule has 0 aromatic carbocycles. The first kappa shape index (κ1) is 9.80. The lowest BCUT2D eigenvalue weighted by molar-refractivity contribution is 0.222. The molecule has 1 rings (SSSR count). The van der Waals surface area contributed by atoms with E-state index in [1.54, 1.807) is 12.3 Å². The Morgan fingerprint density at radius 3 is 2.92 bits per heavy atom. The zero-order chi connectivity index (χ0) is 9.84. The summed E-state index contributed by atoms with van der Waals surface area (Å²) >= 11 is 0. The predicted octanol–water partition coefficient (Wildman–Crippen LogP) is 0.0589. The molecule has 1 aromatic heterocycles. The van der Waals surface area contributed by atoms with Gasteiger partial charge in [0.2, 0.25) is 0 Å². The lowest BCUT2D eigenvalue weighted by atomic mass is 10.2. The van der Waals surface area contributed by atoms with Crippen molar-refractivity contribution >= 4 is 5.69 Å². The van der Waals surface area contributed by atoms with Crippen LogP contribution in [0.5, 0.6) is 0 Å². The number of nitrogens with zero attached hydrogens (tertiary/aromatic N) is 1. The molecule has 0 saturated carbocycles. The quantitative estimate of drug-likeness (QED) is 0.694. The summed E-state index contributed by atoms with van der Waals surface area (Å²) < 4.78 is 1.51. The van der Waals surface area contributed by atoms with E-state index in [0.29, 0.717) is 12.2 Å². The Kier molecular flexibility index (Phi) is 3.08. The molecule has 0 aliphatic carbocycles. The molecule has 0 aliphatic heterocycles. The van der Waals surface area contributed by atoms with Crippen LogP contribution >= 0.6 is 0 Å². The zero-order valence-electron chi connectivity index (χ0n) is 7.60. The second-order valence-electron chi connectivity index (χ2n) is 3.24. The summed E-state index contributed by atoms with van der Waals surface area (Å²) in [5, 5.41) is 8.81. The topological polar surface area (TPSA) is 68.2 Å². The first-order valence-corrected chi connectivity index (χ1v) is 4.20. The monoisotopic (exact) mass is 182 g/mol. The third-order valence-electron chi connectivity index (χ3n) is 1.83. The fourth-order valence-corrected chi connectivity index (χ4v) is 1.09. The van der Waals surface area contributed by atoms with Crippen LogP contribution in [-0.4, -0.2) is 16.3 Å². The smallest absolute Gasteiger partial charge is 0.250 e. The number of nitrogens with two attached hydrogens (primary N) is 1. The van der Waals surface area contributed by atoms with Gasteiger partial charge in [-0.25, -0.2) is 0 Å². The van der Waals surface area contributed by atoms with Crippen LogP contribution in [0.2, 0.25) is 0 Å². The van der Waals surface area contributed by atoms with E-state index in [1.165, 1.54) is 10.6 Å². The van der Waals surface area contributed by atoms with Crippen molar-refractivity contribution in [1.29, 1.82) is 0 Å². The van der Waals surface area contributed by atoms with Crippen LogP contribution in [0.4, 0.5) is 5.69 Å². The maximum atomic E-state index is 11.2. The van der Waals surface area contributed by atoms with Crippen LogP contribution in [0.15, 0.2) is 23.1 Å². The van der Waals surface area contributed by atoms with Crippen molar-refractivity contribution in [3.05, 3.63) is 28.7 Å². The maximum Gasteiger partial charge on any atom is 0.250 e. The molecule has 13 heavy (non-hydrogen) atoms. The molecule has 1 aromatic rings. The summed E-state index contributed by atoms with van der Waals surface area (Å²) in [6.45, 7) is 2.44. The van der Waals surface area contributed by atoms with Gasteiger partial charge in [-0.15, -0.1) is 0 Å². The molecule has 1 atom stereocenters. The van der Waals surface area contributed by atoms with Gasteiger partial charge < -0.3 is 15.4 Å². The Balaban J connectivity index is 2.87. The SMILES string of the molecule is CC(CO)Cn1cc(N)ccc1=O. The lowest BCUT2D eigenvalue weighted by Crippen LogP contribution is -2.23. The number of anilines is 1. The minimum atomic E-state index is -0.0884.